The van der Waals surface area contributed by atoms with Crippen LogP contribution in [-0.4, -0.2) is 62.2 Å². The monoisotopic (exact) mass is 492 g/mol. The highest BCUT2D eigenvalue weighted by Crippen LogP contribution is 2.54. The Kier molecular flexibility index (Phi) is 8.65. The molecule has 7 heteroatoms. The van der Waals surface area contributed by atoms with E-state index in [1.54, 1.807) is 19.0 Å². The maximum absolute atomic E-state index is 12.0. The van der Waals surface area contributed by atoms with Crippen LogP contribution < -0.4 is 10.6 Å². The van der Waals surface area contributed by atoms with Gasteiger partial charge in [-0.1, -0.05) is 25.7 Å². The van der Waals surface area contributed by atoms with Crippen molar-refractivity contribution in [2.24, 2.45) is 10.4 Å². The molecule has 0 heterocycles. The van der Waals surface area contributed by atoms with Crippen molar-refractivity contribution in [1.82, 2.24) is 15.5 Å². The summed E-state index contributed by atoms with van der Waals surface area (Å²) in [6, 6.07) is 0.890. The molecule has 6 nitrogen and oxygen atoms in total. The third-order valence-electron chi connectivity index (χ3n) is 6.57. The molecule has 2 unspecified atom stereocenters. The number of halogens is 1. The van der Waals surface area contributed by atoms with Gasteiger partial charge in [-0.3, -0.25) is 4.79 Å². The minimum absolute atomic E-state index is 0. The smallest absolute Gasteiger partial charge is 0.243 e. The van der Waals surface area contributed by atoms with Crippen molar-refractivity contribution in [1.29, 1.82) is 0 Å². The van der Waals surface area contributed by atoms with Crippen LogP contribution in [0.25, 0.3) is 0 Å². The molecule has 0 aromatic heterocycles. The number of hydrogen-bond acceptors (Lipinski definition) is 3. The van der Waals surface area contributed by atoms with Crippen LogP contribution in [0.4, 0.5) is 0 Å². The lowest BCUT2D eigenvalue weighted by molar-refractivity contribution is -0.127. The molecule has 3 fully saturated rings. The Balaban J connectivity index is 0.00000261. The van der Waals surface area contributed by atoms with Crippen LogP contribution in [0.1, 0.15) is 64.7 Å². The highest BCUT2D eigenvalue weighted by molar-refractivity contribution is 14.0. The van der Waals surface area contributed by atoms with Crippen LogP contribution in [0.3, 0.4) is 0 Å². The number of hydrogen-bond donors (Lipinski definition) is 2. The Morgan fingerprint density at radius 2 is 1.81 bits per heavy atom. The van der Waals surface area contributed by atoms with Gasteiger partial charge in [-0.25, -0.2) is 4.99 Å². The molecular formula is C20H37IN4O2. The summed E-state index contributed by atoms with van der Waals surface area (Å²) in [4.78, 5) is 18.2. The molecule has 0 saturated heterocycles. The van der Waals surface area contributed by atoms with Crippen LogP contribution >= 0.6 is 24.0 Å². The van der Waals surface area contributed by atoms with E-state index in [-0.39, 0.29) is 41.8 Å². The van der Waals surface area contributed by atoms with Gasteiger partial charge in [-0.2, -0.15) is 0 Å². The van der Waals surface area contributed by atoms with E-state index in [2.05, 4.69) is 22.5 Å². The number of ether oxygens (including phenoxy) is 1. The summed E-state index contributed by atoms with van der Waals surface area (Å²) in [6.45, 7) is 3.08. The zero-order chi connectivity index (χ0) is 18.6. The number of amides is 1. The fourth-order valence-corrected chi connectivity index (χ4v) is 4.94. The molecular weight excluding hydrogens is 455 g/mol. The molecule has 3 rings (SSSR count). The van der Waals surface area contributed by atoms with E-state index in [0.717, 1.165) is 19.0 Å². The average molecular weight is 492 g/mol. The lowest BCUT2D eigenvalue weighted by Crippen LogP contribution is -2.65. The van der Waals surface area contributed by atoms with Gasteiger partial charge in [0.05, 0.1) is 6.10 Å². The highest BCUT2D eigenvalue weighted by atomic mass is 127. The minimum Gasteiger partial charge on any atom is -0.378 e. The maximum atomic E-state index is 12.0. The summed E-state index contributed by atoms with van der Waals surface area (Å²) in [7, 11) is 3.56. The average Bonchev–Trinajstić information content (AvgIpc) is 3.30. The maximum Gasteiger partial charge on any atom is 0.243 e. The molecule has 0 bridgehead atoms. The van der Waals surface area contributed by atoms with Crippen molar-refractivity contribution in [3.8, 4) is 0 Å². The highest BCUT2D eigenvalue weighted by Gasteiger charge is 2.57. The SMILES string of the molecule is CCOC1CC(NC(=NCC(=O)N(C)C)NC2CCCC2)C12CCCC2.I. The Morgan fingerprint density at radius 3 is 2.41 bits per heavy atom. The molecule has 0 aliphatic heterocycles. The van der Waals surface area contributed by atoms with E-state index in [9.17, 15) is 4.79 Å². The second kappa shape index (κ2) is 10.3. The normalized spacial score (nSPS) is 27.1. The molecule has 1 spiro atoms. The van der Waals surface area contributed by atoms with E-state index < -0.39 is 0 Å². The molecule has 3 aliphatic rings. The van der Waals surface area contributed by atoms with Crippen molar-refractivity contribution in [3.63, 3.8) is 0 Å². The van der Waals surface area contributed by atoms with Gasteiger partial charge in [0.1, 0.15) is 6.54 Å². The Bertz CT molecular complexity index is 514. The van der Waals surface area contributed by atoms with Crippen LogP contribution in [0.5, 0.6) is 0 Å². The number of carbonyl (C=O) groups is 1. The molecule has 2 N–H and O–H groups in total. The number of nitrogens with zero attached hydrogens (tertiary/aromatic N) is 2. The Morgan fingerprint density at radius 1 is 1.15 bits per heavy atom. The van der Waals surface area contributed by atoms with Crippen LogP contribution in [0, 0.1) is 5.41 Å². The topological polar surface area (TPSA) is 66.0 Å². The summed E-state index contributed by atoms with van der Waals surface area (Å²) in [6.07, 6.45) is 11.4. The predicted molar refractivity (Wildman–Crippen MR) is 120 cm³/mol. The van der Waals surface area contributed by atoms with Crippen molar-refractivity contribution in [2.45, 2.75) is 82.9 Å². The summed E-state index contributed by atoms with van der Waals surface area (Å²) in [5.41, 5.74) is 0.264. The van der Waals surface area contributed by atoms with E-state index in [4.69, 9.17) is 4.74 Å². The lowest BCUT2D eigenvalue weighted by atomic mass is 9.60. The summed E-state index contributed by atoms with van der Waals surface area (Å²) < 4.78 is 6.03. The van der Waals surface area contributed by atoms with Gasteiger partial charge in [0.2, 0.25) is 5.91 Å². The van der Waals surface area contributed by atoms with E-state index in [1.165, 1.54) is 51.4 Å². The van der Waals surface area contributed by atoms with Gasteiger partial charge in [-0.05, 0) is 39.0 Å². The first kappa shape index (κ1) is 22.7. The standard InChI is InChI=1S/C20H36N4O2.HI/c1-4-26-17-13-16(20(17)11-7-8-12-20)23-19(21-14-18(25)24(2)3)22-15-9-5-6-10-15;/h15-17H,4-14H2,1-3H3,(H2,21,22,23);1H. The van der Waals surface area contributed by atoms with Crippen molar-refractivity contribution in [2.75, 3.05) is 27.2 Å². The molecule has 0 radical (unpaired) electrons. The third kappa shape index (κ3) is 5.28. The predicted octanol–water partition coefficient (Wildman–Crippen LogP) is 2.91. The lowest BCUT2D eigenvalue weighted by Gasteiger charge is -2.54. The zero-order valence-electron chi connectivity index (χ0n) is 17.1. The molecule has 2 atom stereocenters. The second-order valence-corrected chi connectivity index (χ2v) is 8.40. The fraction of sp³-hybridized carbons (Fsp3) is 0.900. The molecule has 3 saturated carbocycles. The van der Waals surface area contributed by atoms with E-state index in [0.29, 0.717) is 18.2 Å². The molecule has 0 aromatic rings. The third-order valence-corrected chi connectivity index (χ3v) is 6.57. The number of rotatable bonds is 6. The quantitative estimate of drug-likeness (QED) is 0.340. The van der Waals surface area contributed by atoms with E-state index in [1.807, 2.05) is 0 Å². The first-order valence-corrected chi connectivity index (χ1v) is 10.4. The van der Waals surface area contributed by atoms with Crippen LogP contribution in [0.2, 0.25) is 0 Å². The second-order valence-electron chi connectivity index (χ2n) is 8.40. The van der Waals surface area contributed by atoms with Crippen molar-refractivity contribution < 1.29 is 9.53 Å². The van der Waals surface area contributed by atoms with Gasteiger partial charge in [-0.15, -0.1) is 24.0 Å². The van der Waals surface area contributed by atoms with Gasteiger partial charge in [0.25, 0.3) is 0 Å². The first-order chi connectivity index (χ1) is 12.5. The molecule has 1 amide bonds. The van der Waals surface area contributed by atoms with Gasteiger partial charge >= 0.3 is 0 Å². The number of aliphatic imine (C=N–C) groups is 1. The van der Waals surface area contributed by atoms with Crippen molar-refractivity contribution in [3.05, 3.63) is 0 Å². The molecule has 27 heavy (non-hydrogen) atoms. The molecule has 0 aromatic carbocycles. The zero-order valence-corrected chi connectivity index (χ0v) is 19.5. The number of nitrogens with one attached hydrogen (secondary N) is 2. The Labute approximate surface area is 181 Å². The van der Waals surface area contributed by atoms with Crippen LogP contribution in [0.15, 0.2) is 4.99 Å². The summed E-state index contributed by atoms with van der Waals surface area (Å²) in [5.74, 6) is 0.854. The number of guanidine groups is 1. The molecule has 156 valence electrons. The largest absolute Gasteiger partial charge is 0.378 e. The minimum atomic E-state index is 0. The van der Waals surface area contributed by atoms with Gasteiger partial charge in [0.15, 0.2) is 5.96 Å². The van der Waals surface area contributed by atoms with Gasteiger partial charge < -0.3 is 20.3 Å². The van der Waals surface area contributed by atoms with Gasteiger partial charge in [0, 0.05) is 38.2 Å². The fourth-order valence-electron chi connectivity index (χ4n) is 4.94. The first-order valence-electron chi connectivity index (χ1n) is 10.4. The van der Waals surface area contributed by atoms with E-state index >= 15 is 0 Å². The van der Waals surface area contributed by atoms with Crippen molar-refractivity contribution >= 4 is 35.8 Å². The summed E-state index contributed by atoms with van der Waals surface area (Å²) in [5, 5.41) is 7.27. The summed E-state index contributed by atoms with van der Waals surface area (Å²) >= 11 is 0. The Hall–Kier alpha value is -0.570. The number of likely N-dealkylation sites (N-methyl/N-ethyl adjacent to an activating group) is 1. The number of carbonyl (C=O) groups excluding carboxylic acids is 1. The molecule has 3 aliphatic carbocycles. The van der Waals surface area contributed by atoms with Crippen LogP contribution in [-0.2, 0) is 9.53 Å².